The Morgan fingerprint density at radius 1 is 0.949 bits per heavy atom. The zero-order valence-corrected chi connectivity index (χ0v) is 23.0. The number of nitrogens with zero attached hydrogens (tertiary/aromatic N) is 2. The highest BCUT2D eigenvalue weighted by atomic mass is 32.2. The quantitative estimate of drug-likeness (QED) is 0.351. The predicted molar refractivity (Wildman–Crippen MR) is 146 cm³/mol. The molecule has 3 aromatic carbocycles. The monoisotopic (exact) mass is 575 g/mol. The molecule has 9 nitrogen and oxygen atoms in total. The van der Waals surface area contributed by atoms with Crippen LogP contribution in [0, 0.1) is 5.82 Å². The summed E-state index contributed by atoms with van der Waals surface area (Å²) in [5, 5.41) is 2.74. The first-order valence-corrected chi connectivity index (χ1v) is 15.7. The van der Waals surface area contributed by atoms with Crippen LogP contribution < -0.4 is 14.4 Å². The van der Waals surface area contributed by atoms with Gasteiger partial charge in [0.25, 0.3) is 5.91 Å². The molecule has 1 saturated heterocycles. The van der Waals surface area contributed by atoms with E-state index in [1.54, 1.807) is 42.5 Å². The summed E-state index contributed by atoms with van der Waals surface area (Å²) in [6.07, 6.45) is 2.75. The number of para-hydroxylation sites is 1. The van der Waals surface area contributed by atoms with E-state index in [4.69, 9.17) is 4.74 Å². The van der Waals surface area contributed by atoms with E-state index in [9.17, 15) is 26.0 Å². The summed E-state index contributed by atoms with van der Waals surface area (Å²) in [7, 11) is -7.23. The minimum Gasteiger partial charge on any atom is -0.492 e. The van der Waals surface area contributed by atoms with E-state index in [1.165, 1.54) is 34.6 Å². The molecule has 1 N–H and O–H groups in total. The Morgan fingerprint density at radius 3 is 2.21 bits per heavy atom. The number of anilines is 1. The fourth-order valence-electron chi connectivity index (χ4n) is 4.18. The Bertz CT molecular complexity index is 1510. The van der Waals surface area contributed by atoms with Crippen molar-refractivity contribution < 1.29 is 30.8 Å². The number of carbonyl (C=O) groups excluding carboxylic acids is 1. The van der Waals surface area contributed by atoms with Gasteiger partial charge >= 0.3 is 0 Å². The molecule has 1 aliphatic heterocycles. The van der Waals surface area contributed by atoms with Gasteiger partial charge in [-0.15, -0.1) is 0 Å². The third-order valence-electron chi connectivity index (χ3n) is 6.25. The molecule has 3 aromatic rings. The number of halogens is 1. The zero-order chi connectivity index (χ0) is 28.0. The number of carbonyl (C=O) groups is 1. The lowest BCUT2D eigenvalue weighted by Crippen LogP contribution is -2.30. The van der Waals surface area contributed by atoms with Gasteiger partial charge in [-0.25, -0.2) is 21.2 Å². The maximum absolute atomic E-state index is 14.2. The topological polar surface area (TPSA) is 113 Å². The minimum atomic E-state index is -3.75. The molecule has 39 heavy (non-hydrogen) atoms. The summed E-state index contributed by atoms with van der Waals surface area (Å²) in [5.74, 6) is -0.505. The number of benzene rings is 3. The van der Waals surface area contributed by atoms with Gasteiger partial charge in [-0.1, -0.05) is 24.3 Å². The van der Waals surface area contributed by atoms with Crippen molar-refractivity contribution in [2.45, 2.75) is 24.3 Å². The molecule has 208 valence electrons. The summed E-state index contributed by atoms with van der Waals surface area (Å²) in [6.45, 7) is 1.37. The van der Waals surface area contributed by atoms with Crippen LogP contribution in [0.3, 0.4) is 0 Å². The number of rotatable bonds is 11. The van der Waals surface area contributed by atoms with Gasteiger partial charge in [-0.3, -0.25) is 9.10 Å². The molecule has 0 aromatic heterocycles. The van der Waals surface area contributed by atoms with Crippen molar-refractivity contribution >= 4 is 31.6 Å². The highest BCUT2D eigenvalue weighted by Gasteiger charge is 2.27. The van der Waals surface area contributed by atoms with Crippen LogP contribution in [0.1, 0.15) is 28.8 Å². The van der Waals surface area contributed by atoms with E-state index >= 15 is 0 Å². The third kappa shape index (κ3) is 7.14. The lowest BCUT2D eigenvalue weighted by atomic mass is 10.1. The molecule has 0 bridgehead atoms. The summed E-state index contributed by atoms with van der Waals surface area (Å²) < 4.78 is 72.1. The van der Waals surface area contributed by atoms with Crippen LogP contribution in [0.5, 0.6) is 5.75 Å². The van der Waals surface area contributed by atoms with E-state index < -0.39 is 25.9 Å². The molecular weight excluding hydrogens is 545 g/mol. The molecule has 0 saturated carbocycles. The van der Waals surface area contributed by atoms with Crippen LogP contribution in [0.15, 0.2) is 77.7 Å². The second-order valence-corrected chi connectivity index (χ2v) is 12.9. The first-order valence-electron chi connectivity index (χ1n) is 12.4. The van der Waals surface area contributed by atoms with Gasteiger partial charge in [0.1, 0.15) is 18.2 Å². The largest absolute Gasteiger partial charge is 0.492 e. The number of hydrogen-bond donors (Lipinski definition) is 1. The molecule has 1 amide bonds. The molecule has 0 radical (unpaired) electrons. The number of ether oxygens (including phenoxy) is 1. The second kappa shape index (κ2) is 12.1. The van der Waals surface area contributed by atoms with Crippen molar-refractivity contribution in [1.82, 2.24) is 9.62 Å². The summed E-state index contributed by atoms with van der Waals surface area (Å²) in [5.41, 5.74) is 0.899. The van der Waals surface area contributed by atoms with Gasteiger partial charge in [0.15, 0.2) is 0 Å². The van der Waals surface area contributed by atoms with Crippen LogP contribution in [0.2, 0.25) is 0 Å². The Morgan fingerprint density at radius 2 is 1.59 bits per heavy atom. The van der Waals surface area contributed by atoms with E-state index in [0.717, 1.165) is 23.4 Å². The number of hydrogen-bond acceptors (Lipinski definition) is 6. The van der Waals surface area contributed by atoms with Gasteiger partial charge in [-0.05, 0) is 66.9 Å². The Labute approximate surface area is 228 Å². The van der Waals surface area contributed by atoms with Crippen LogP contribution in [0.25, 0.3) is 0 Å². The van der Waals surface area contributed by atoms with E-state index in [0.29, 0.717) is 30.0 Å². The lowest BCUT2D eigenvalue weighted by molar-refractivity contribution is 0.0947. The highest BCUT2D eigenvalue weighted by Crippen LogP contribution is 2.24. The minimum absolute atomic E-state index is 0.0512. The number of sulfonamides is 2. The Kier molecular flexibility index (Phi) is 8.88. The molecule has 0 aliphatic carbocycles. The van der Waals surface area contributed by atoms with E-state index in [2.05, 4.69) is 5.32 Å². The van der Waals surface area contributed by atoms with Gasteiger partial charge in [0.05, 0.1) is 29.9 Å². The highest BCUT2D eigenvalue weighted by molar-refractivity contribution is 7.92. The van der Waals surface area contributed by atoms with Crippen molar-refractivity contribution in [1.29, 1.82) is 0 Å². The van der Waals surface area contributed by atoms with Crippen LogP contribution >= 0.6 is 0 Å². The van der Waals surface area contributed by atoms with Gasteiger partial charge in [0.2, 0.25) is 20.0 Å². The zero-order valence-electron chi connectivity index (χ0n) is 21.4. The molecule has 1 heterocycles. The fourth-order valence-corrected chi connectivity index (χ4v) is 6.59. The first kappa shape index (κ1) is 28.5. The molecule has 1 fully saturated rings. The maximum Gasteiger partial charge on any atom is 0.251 e. The number of amides is 1. The average molecular weight is 576 g/mol. The van der Waals surface area contributed by atoms with Gasteiger partial charge < -0.3 is 10.1 Å². The molecular formula is C27H30FN3O6S2. The van der Waals surface area contributed by atoms with Crippen molar-refractivity contribution in [3.05, 3.63) is 89.7 Å². The van der Waals surface area contributed by atoms with E-state index in [-0.39, 0.29) is 36.2 Å². The molecule has 1 aliphatic rings. The number of nitrogens with one attached hydrogen (secondary N) is 1. The summed E-state index contributed by atoms with van der Waals surface area (Å²) in [6, 6.07) is 18.2. The standard InChI is InChI=1S/C27H30FN3O6S2/c1-38(33,34)31(26-7-3-2-6-25(26)28)20-21-8-10-22(11-9-21)27(32)29-16-19-37-23-12-14-24(15-13-23)39(35,36)30-17-4-5-18-30/h2-3,6-15H,4-5,16-20H2,1H3,(H,29,32). The fraction of sp³-hybridized carbons (Fsp3) is 0.296. The van der Waals surface area contributed by atoms with Gasteiger partial charge in [-0.2, -0.15) is 4.31 Å². The summed E-state index contributed by atoms with van der Waals surface area (Å²) >= 11 is 0. The predicted octanol–water partition coefficient (Wildman–Crippen LogP) is 3.39. The van der Waals surface area contributed by atoms with Crippen molar-refractivity contribution in [2.75, 3.05) is 36.8 Å². The van der Waals surface area contributed by atoms with Crippen molar-refractivity contribution in [3.63, 3.8) is 0 Å². The second-order valence-electron chi connectivity index (χ2n) is 9.10. The Balaban J connectivity index is 1.28. The van der Waals surface area contributed by atoms with Crippen molar-refractivity contribution in [3.8, 4) is 5.75 Å². The third-order valence-corrected chi connectivity index (χ3v) is 9.29. The normalized spacial score (nSPS) is 14.2. The van der Waals surface area contributed by atoms with Crippen LogP contribution in [-0.4, -0.2) is 59.5 Å². The summed E-state index contributed by atoms with van der Waals surface area (Å²) in [4.78, 5) is 12.7. The van der Waals surface area contributed by atoms with Crippen LogP contribution in [-0.2, 0) is 26.6 Å². The van der Waals surface area contributed by atoms with E-state index in [1.807, 2.05) is 0 Å². The van der Waals surface area contributed by atoms with Crippen molar-refractivity contribution in [2.24, 2.45) is 0 Å². The van der Waals surface area contributed by atoms with Gasteiger partial charge in [0, 0.05) is 18.7 Å². The average Bonchev–Trinajstić information content (AvgIpc) is 3.46. The van der Waals surface area contributed by atoms with Crippen LogP contribution in [0.4, 0.5) is 10.1 Å². The Hall–Kier alpha value is -3.48. The molecule has 4 rings (SSSR count). The first-order chi connectivity index (χ1) is 18.6. The molecule has 0 unspecified atom stereocenters. The molecule has 0 atom stereocenters. The smallest absolute Gasteiger partial charge is 0.251 e. The SMILES string of the molecule is CS(=O)(=O)N(Cc1ccc(C(=O)NCCOc2ccc(S(=O)(=O)N3CCCC3)cc2)cc1)c1ccccc1F. The molecule has 12 heteroatoms. The lowest BCUT2D eigenvalue weighted by Gasteiger charge is -2.23. The maximum atomic E-state index is 14.2. The molecule has 0 spiro atoms.